The minimum Gasteiger partial charge on any atom is -0.493 e. The van der Waals surface area contributed by atoms with Crippen molar-refractivity contribution in [2.75, 3.05) is 27.4 Å². The van der Waals surface area contributed by atoms with Gasteiger partial charge in [0.05, 0.1) is 31.9 Å². The van der Waals surface area contributed by atoms with Crippen LogP contribution < -0.4 is 9.47 Å². The second-order valence-corrected chi connectivity index (χ2v) is 6.16. The number of fused-ring (bicyclic) bond motifs is 1. The van der Waals surface area contributed by atoms with Crippen LogP contribution in [0.1, 0.15) is 31.9 Å². The van der Waals surface area contributed by atoms with E-state index in [9.17, 15) is 4.79 Å². The highest BCUT2D eigenvalue weighted by Crippen LogP contribution is 2.33. The van der Waals surface area contributed by atoms with Gasteiger partial charge in [0.25, 0.3) is 0 Å². The lowest BCUT2D eigenvalue weighted by Gasteiger charge is -2.22. The number of hydrogen-bond donors (Lipinski definition) is 1. The standard InChI is InChI=1S/C13H14N2O2S.C5H8O2.CH4/c1-16-10-5-8-3-4-15-13(12(18)7-14)9(8)6-11(10)17-2;1-2-4-3-7-5(4)6;/h5-6,12,18H,3-4H2,1-2H3;4H,2-3H2,1H3;1H4. The normalized spacial score (nSPS) is 18.2. The van der Waals surface area contributed by atoms with Crippen LogP contribution in [0.15, 0.2) is 17.1 Å². The molecule has 1 aromatic rings. The maximum absolute atomic E-state index is 10.2. The molecule has 0 amide bonds. The topological polar surface area (TPSA) is 80.9 Å². The maximum atomic E-state index is 10.2. The summed E-state index contributed by atoms with van der Waals surface area (Å²) in [7, 11) is 3.20. The zero-order valence-electron chi connectivity index (χ0n) is 14.6. The number of esters is 1. The Balaban J connectivity index is 0.000000357. The third-order valence-corrected chi connectivity index (χ3v) is 4.54. The summed E-state index contributed by atoms with van der Waals surface area (Å²) < 4.78 is 15.0. The Bertz CT molecular complexity index is 710. The van der Waals surface area contributed by atoms with Gasteiger partial charge in [0.15, 0.2) is 11.5 Å². The largest absolute Gasteiger partial charge is 0.493 e. The van der Waals surface area contributed by atoms with Crippen molar-refractivity contribution in [1.82, 2.24) is 0 Å². The van der Waals surface area contributed by atoms with Crippen molar-refractivity contribution >= 4 is 24.3 Å². The summed E-state index contributed by atoms with van der Waals surface area (Å²) in [5.41, 5.74) is 2.76. The van der Waals surface area contributed by atoms with Gasteiger partial charge in [-0.05, 0) is 30.5 Å². The Morgan fingerprint density at radius 3 is 2.46 bits per heavy atom. The number of hydrogen-bond acceptors (Lipinski definition) is 7. The van der Waals surface area contributed by atoms with Gasteiger partial charge in [-0.2, -0.15) is 17.9 Å². The van der Waals surface area contributed by atoms with Crippen LogP contribution in [0.3, 0.4) is 0 Å². The molecule has 0 N–H and O–H groups in total. The van der Waals surface area contributed by atoms with Crippen LogP contribution in [0, 0.1) is 17.2 Å². The highest BCUT2D eigenvalue weighted by atomic mass is 32.1. The van der Waals surface area contributed by atoms with E-state index in [2.05, 4.69) is 28.4 Å². The number of carbonyl (C=O) groups excluding carboxylic acids is 1. The third kappa shape index (κ3) is 4.70. The van der Waals surface area contributed by atoms with Crippen LogP contribution in [-0.4, -0.2) is 44.3 Å². The van der Waals surface area contributed by atoms with Crippen LogP contribution in [0.25, 0.3) is 0 Å². The number of cyclic esters (lactones) is 1. The molecule has 0 aliphatic carbocycles. The van der Waals surface area contributed by atoms with Crippen LogP contribution in [0.2, 0.25) is 0 Å². The molecule has 26 heavy (non-hydrogen) atoms. The molecule has 7 heteroatoms. The number of ether oxygens (including phenoxy) is 3. The molecule has 0 spiro atoms. The van der Waals surface area contributed by atoms with E-state index in [0.717, 1.165) is 24.0 Å². The average Bonchev–Trinajstić information content (AvgIpc) is 2.65. The molecule has 2 atom stereocenters. The second-order valence-electron chi connectivity index (χ2n) is 5.65. The molecule has 0 radical (unpaired) electrons. The first-order valence-corrected chi connectivity index (χ1v) is 8.61. The van der Waals surface area contributed by atoms with Crippen LogP contribution >= 0.6 is 12.6 Å². The Hall–Kier alpha value is -2.20. The monoisotopic (exact) mass is 378 g/mol. The molecule has 2 aliphatic heterocycles. The van der Waals surface area contributed by atoms with Crippen molar-refractivity contribution in [2.24, 2.45) is 10.9 Å². The van der Waals surface area contributed by atoms with E-state index >= 15 is 0 Å². The molecule has 0 aromatic heterocycles. The summed E-state index contributed by atoms with van der Waals surface area (Å²) in [6.45, 7) is 3.32. The molecule has 2 heterocycles. The number of rotatable bonds is 4. The van der Waals surface area contributed by atoms with Gasteiger partial charge in [-0.1, -0.05) is 14.4 Å². The summed E-state index contributed by atoms with van der Waals surface area (Å²) in [4.78, 5) is 14.6. The second kappa shape index (κ2) is 10.1. The van der Waals surface area contributed by atoms with Gasteiger partial charge < -0.3 is 14.2 Å². The van der Waals surface area contributed by atoms with E-state index in [-0.39, 0.29) is 19.3 Å². The summed E-state index contributed by atoms with van der Waals surface area (Å²) in [5, 5.41) is 8.46. The van der Waals surface area contributed by atoms with Crippen molar-refractivity contribution in [3.63, 3.8) is 0 Å². The van der Waals surface area contributed by atoms with Crippen molar-refractivity contribution in [3.8, 4) is 17.6 Å². The number of benzene rings is 1. The first-order valence-electron chi connectivity index (χ1n) is 8.09. The van der Waals surface area contributed by atoms with Crippen molar-refractivity contribution in [2.45, 2.75) is 32.4 Å². The van der Waals surface area contributed by atoms with Crippen molar-refractivity contribution in [3.05, 3.63) is 23.3 Å². The number of aliphatic imine (C=N–C) groups is 1. The number of thiol groups is 1. The van der Waals surface area contributed by atoms with Gasteiger partial charge >= 0.3 is 5.97 Å². The van der Waals surface area contributed by atoms with E-state index in [4.69, 9.17) is 14.7 Å². The van der Waals surface area contributed by atoms with Gasteiger partial charge in [-0.15, -0.1) is 0 Å². The van der Waals surface area contributed by atoms with E-state index in [1.165, 1.54) is 0 Å². The minimum absolute atomic E-state index is 0. The van der Waals surface area contributed by atoms with Crippen LogP contribution in [0.4, 0.5) is 0 Å². The first kappa shape index (κ1) is 21.8. The molecule has 1 aromatic carbocycles. The lowest BCUT2D eigenvalue weighted by atomic mass is 9.95. The van der Waals surface area contributed by atoms with Crippen LogP contribution in [-0.2, 0) is 16.0 Å². The zero-order valence-corrected chi connectivity index (χ0v) is 15.5. The summed E-state index contributed by atoms with van der Waals surface area (Å²) in [6.07, 6.45) is 1.77. The number of nitrogens with zero attached hydrogens (tertiary/aromatic N) is 2. The van der Waals surface area contributed by atoms with Gasteiger partial charge in [0.2, 0.25) is 0 Å². The number of nitriles is 1. The smallest absolute Gasteiger partial charge is 0.312 e. The van der Waals surface area contributed by atoms with Crippen molar-refractivity contribution < 1.29 is 19.0 Å². The van der Waals surface area contributed by atoms with Gasteiger partial charge in [0.1, 0.15) is 11.9 Å². The minimum atomic E-state index is -0.512. The number of methoxy groups -OCH3 is 2. The molecule has 3 rings (SSSR count). The third-order valence-electron chi connectivity index (χ3n) is 4.18. The molecule has 2 unspecified atom stereocenters. The van der Waals surface area contributed by atoms with E-state index in [0.29, 0.717) is 30.4 Å². The lowest BCUT2D eigenvalue weighted by Crippen LogP contribution is -2.33. The predicted molar refractivity (Wildman–Crippen MR) is 105 cm³/mol. The van der Waals surface area contributed by atoms with E-state index in [1.807, 2.05) is 19.1 Å². The molecule has 1 fully saturated rings. The average molecular weight is 378 g/mol. The van der Waals surface area contributed by atoms with Gasteiger partial charge in [-0.3, -0.25) is 9.79 Å². The summed E-state index contributed by atoms with van der Waals surface area (Å²) >= 11 is 4.25. The Kier molecular flexibility index (Phi) is 8.46. The fourth-order valence-corrected chi connectivity index (χ4v) is 2.82. The molecule has 6 nitrogen and oxygen atoms in total. The van der Waals surface area contributed by atoms with Gasteiger partial charge in [-0.25, -0.2) is 0 Å². The van der Waals surface area contributed by atoms with E-state index < -0.39 is 5.25 Å². The molecule has 0 bridgehead atoms. The molecule has 142 valence electrons. The molecular weight excluding hydrogens is 352 g/mol. The fourth-order valence-electron chi connectivity index (χ4n) is 2.60. The SMILES string of the molecule is C.CCC1COC1=O.COc1cc2c(cc1OC)C(C(S)C#N)=NCC2. The Morgan fingerprint density at radius 1 is 1.38 bits per heavy atom. The molecule has 2 aliphatic rings. The molecule has 0 saturated carbocycles. The Labute approximate surface area is 160 Å². The predicted octanol–water partition coefficient (Wildman–Crippen LogP) is 3.08. The highest BCUT2D eigenvalue weighted by Gasteiger charge is 2.28. The molecular formula is C19H26N2O4S. The first-order chi connectivity index (χ1) is 12.0. The lowest BCUT2D eigenvalue weighted by molar-refractivity contribution is -0.168. The van der Waals surface area contributed by atoms with E-state index in [1.54, 1.807) is 14.2 Å². The van der Waals surface area contributed by atoms with Gasteiger partial charge in [0, 0.05) is 12.1 Å². The fraction of sp³-hybridized carbons (Fsp3) is 0.526. The highest BCUT2D eigenvalue weighted by molar-refractivity contribution is 7.82. The van der Waals surface area contributed by atoms with Crippen molar-refractivity contribution in [1.29, 1.82) is 5.26 Å². The van der Waals surface area contributed by atoms with Crippen LogP contribution in [0.5, 0.6) is 11.5 Å². The summed E-state index contributed by atoms with van der Waals surface area (Å²) in [5.74, 6) is 1.54. The summed E-state index contributed by atoms with van der Waals surface area (Å²) in [6, 6.07) is 5.92. The Morgan fingerprint density at radius 2 is 2.04 bits per heavy atom. The maximum Gasteiger partial charge on any atom is 0.312 e. The molecule has 1 saturated heterocycles. The quantitative estimate of drug-likeness (QED) is 0.643. The number of carbonyl (C=O) groups is 1. The zero-order chi connectivity index (χ0) is 18.4.